The van der Waals surface area contributed by atoms with Gasteiger partial charge in [-0.2, -0.15) is 0 Å². The van der Waals surface area contributed by atoms with E-state index < -0.39 is 23.9 Å². The molecule has 1 aliphatic rings. The maximum atomic E-state index is 12.8. The van der Waals surface area contributed by atoms with E-state index in [1.54, 1.807) is 26.1 Å². The number of hydrogen-bond acceptors (Lipinski definition) is 7. The first kappa shape index (κ1) is 25.1. The first-order chi connectivity index (χ1) is 16.2. The van der Waals surface area contributed by atoms with Gasteiger partial charge in [-0.15, -0.1) is 5.10 Å². The van der Waals surface area contributed by atoms with Crippen LogP contribution in [-0.2, 0) is 21.4 Å². The van der Waals surface area contributed by atoms with Gasteiger partial charge in [0.15, 0.2) is 11.5 Å². The lowest BCUT2D eigenvalue weighted by atomic mass is 9.78. The SMILES string of the molecule is CCC[C@@H](C)OC(=O)Nc1c(-c2ccc(NC(=O)[C@H]3CCCC[C@@H]3C(=O)O)c(C)n2)nnn1C. The Kier molecular flexibility index (Phi) is 8.19. The Bertz CT molecular complexity index is 1050. The summed E-state index contributed by atoms with van der Waals surface area (Å²) < 4.78 is 6.77. The molecule has 1 saturated carbocycles. The highest BCUT2D eigenvalue weighted by Gasteiger charge is 2.35. The van der Waals surface area contributed by atoms with Gasteiger partial charge in [-0.1, -0.05) is 31.4 Å². The van der Waals surface area contributed by atoms with Crippen molar-refractivity contribution in [1.29, 1.82) is 0 Å². The number of carbonyl (C=O) groups is 3. The number of aryl methyl sites for hydroxylation is 2. The summed E-state index contributed by atoms with van der Waals surface area (Å²) in [6.07, 6.45) is 3.54. The van der Waals surface area contributed by atoms with E-state index in [4.69, 9.17) is 4.74 Å². The van der Waals surface area contributed by atoms with Crippen molar-refractivity contribution in [2.45, 2.75) is 65.4 Å². The highest BCUT2D eigenvalue weighted by molar-refractivity contribution is 5.96. The number of nitrogens with one attached hydrogen (secondary N) is 2. The molecule has 0 aliphatic heterocycles. The van der Waals surface area contributed by atoms with Crippen LogP contribution in [0.4, 0.5) is 16.3 Å². The van der Waals surface area contributed by atoms with Gasteiger partial charge >= 0.3 is 12.1 Å². The van der Waals surface area contributed by atoms with Crippen molar-refractivity contribution >= 4 is 29.5 Å². The van der Waals surface area contributed by atoms with Gasteiger partial charge in [-0.25, -0.2) is 14.5 Å². The number of rotatable bonds is 8. The number of carboxylic acids is 1. The Labute approximate surface area is 198 Å². The number of aliphatic carboxylic acids is 1. The zero-order valence-electron chi connectivity index (χ0n) is 20.0. The van der Waals surface area contributed by atoms with Gasteiger partial charge in [0.05, 0.1) is 28.9 Å². The number of amides is 2. The highest BCUT2D eigenvalue weighted by Crippen LogP contribution is 2.32. The lowest BCUT2D eigenvalue weighted by Crippen LogP contribution is -2.36. The van der Waals surface area contributed by atoms with Crippen LogP contribution in [0.3, 0.4) is 0 Å². The first-order valence-corrected chi connectivity index (χ1v) is 11.6. The normalized spacial score (nSPS) is 18.7. The van der Waals surface area contributed by atoms with E-state index in [0.29, 0.717) is 41.4 Å². The zero-order valence-corrected chi connectivity index (χ0v) is 20.0. The molecule has 1 aliphatic carbocycles. The number of pyridine rings is 1. The van der Waals surface area contributed by atoms with Gasteiger partial charge in [0.2, 0.25) is 5.91 Å². The number of ether oxygens (including phenoxy) is 1. The van der Waals surface area contributed by atoms with E-state index in [2.05, 4.69) is 25.9 Å². The lowest BCUT2D eigenvalue weighted by Gasteiger charge is -2.27. The van der Waals surface area contributed by atoms with E-state index in [-0.39, 0.29) is 12.0 Å². The fraction of sp³-hybridized carbons (Fsp3) is 0.565. The van der Waals surface area contributed by atoms with E-state index in [1.807, 2.05) is 13.8 Å². The van der Waals surface area contributed by atoms with Gasteiger partial charge in [0.1, 0.15) is 6.10 Å². The predicted molar refractivity (Wildman–Crippen MR) is 125 cm³/mol. The van der Waals surface area contributed by atoms with Gasteiger partial charge in [-0.05, 0) is 45.2 Å². The van der Waals surface area contributed by atoms with Crippen molar-refractivity contribution in [3.8, 4) is 11.4 Å². The number of carboxylic acid groups (broad SMARTS) is 1. The van der Waals surface area contributed by atoms with Crippen molar-refractivity contribution in [3.05, 3.63) is 17.8 Å². The van der Waals surface area contributed by atoms with Crippen LogP contribution in [0.25, 0.3) is 11.4 Å². The molecule has 34 heavy (non-hydrogen) atoms. The number of hydrogen-bond donors (Lipinski definition) is 3. The van der Waals surface area contributed by atoms with E-state index in [1.165, 1.54) is 4.68 Å². The summed E-state index contributed by atoms with van der Waals surface area (Å²) >= 11 is 0. The van der Waals surface area contributed by atoms with Crippen molar-refractivity contribution in [2.24, 2.45) is 18.9 Å². The Balaban J connectivity index is 1.75. The quantitative estimate of drug-likeness (QED) is 0.526. The Morgan fingerprint density at radius 1 is 1.21 bits per heavy atom. The minimum Gasteiger partial charge on any atom is -0.481 e. The summed E-state index contributed by atoms with van der Waals surface area (Å²) in [5.41, 5.74) is 1.85. The van der Waals surface area contributed by atoms with E-state index >= 15 is 0 Å². The van der Waals surface area contributed by atoms with Gasteiger partial charge < -0.3 is 15.2 Å². The molecular weight excluding hydrogens is 440 g/mol. The molecule has 2 heterocycles. The molecule has 0 saturated heterocycles. The molecule has 0 spiro atoms. The second-order valence-electron chi connectivity index (χ2n) is 8.69. The summed E-state index contributed by atoms with van der Waals surface area (Å²) in [6, 6.07) is 3.35. The maximum absolute atomic E-state index is 12.8. The van der Waals surface area contributed by atoms with Crippen LogP contribution in [0.15, 0.2) is 12.1 Å². The summed E-state index contributed by atoms with van der Waals surface area (Å²) in [5.74, 6) is -2.15. The number of anilines is 2. The van der Waals surface area contributed by atoms with Crippen LogP contribution in [0.5, 0.6) is 0 Å². The molecule has 0 bridgehead atoms. The predicted octanol–water partition coefficient (Wildman–Crippen LogP) is 3.75. The zero-order chi connectivity index (χ0) is 24.8. The minimum absolute atomic E-state index is 0.220. The molecule has 0 aromatic carbocycles. The minimum atomic E-state index is -0.935. The molecule has 3 atom stereocenters. The van der Waals surface area contributed by atoms with Crippen LogP contribution in [0, 0.1) is 18.8 Å². The average molecular weight is 473 g/mol. The molecule has 2 amide bonds. The van der Waals surface area contributed by atoms with Crippen molar-refractivity contribution in [2.75, 3.05) is 10.6 Å². The van der Waals surface area contributed by atoms with Gasteiger partial charge in [0, 0.05) is 7.05 Å². The number of nitrogens with zero attached hydrogens (tertiary/aromatic N) is 4. The summed E-state index contributed by atoms with van der Waals surface area (Å²) in [7, 11) is 1.64. The summed E-state index contributed by atoms with van der Waals surface area (Å²) in [5, 5.41) is 23.1. The Morgan fingerprint density at radius 2 is 1.91 bits per heavy atom. The smallest absolute Gasteiger partial charge is 0.413 e. The lowest BCUT2D eigenvalue weighted by molar-refractivity contribution is -0.147. The third-order valence-electron chi connectivity index (χ3n) is 6.06. The average Bonchev–Trinajstić information content (AvgIpc) is 3.15. The second-order valence-corrected chi connectivity index (χ2v) is 8.69. The van der Waals surface area contributed by atoms with Crippen LogP contribution in [-0.4, -0.2) is 49.2 Å². The molecule has 184 valence electrons. The third-order valence-corrected chi connectivity index (χ3v) is 6.06. The topological polar surface area (TPSA) is 148 Å². The Hall–Kier alpha value is -3.50. The third kappa shape index (κ3) is 5.89. The Morgan fingerprint density at radius 3 is 2.56 bits per heavy atom. The second kappa shape index (κ2) is 11.1. The van der Waals surface area contributed by atoms with Crippen LogP contribution >= 0.6 is 0 Å². The molecule has 2 aromatic rings. The molecule has 11 nitrogen and oxygen atoms in total. The molecule has 3 rings (SSSR count). The van der Waals surface area contributed by atoms with Crippen molar-refractivity contribution in [1.82, 2.24) is 20.0 Å². The largest absolute Gasteiger partial charge is 0.481 e. The van der Waals surface area contributed by atoms with Crippen molar-refractivity contribution in [3.63, 3.8) is 0 Å². The fourth-order valence-electron chi connectivity index (χ4n) is 4.23. The standard InChI is InChI=1S/C23H32N6O5/c1-5-8-13(2)34-23(33)26-20-19(27-28-29(20)4)18-12-11-17(14(3)24-18)25-21(30)15-9-6-7-10-16(15)22(31)32/h11-13,15-16H,5-10H2,1-4H3,(H,25,30)(H,26,33)(H,31,32)/t13-,15+,16+/m1/s1. The fourth-order valence-corrected chi connectivity index (χ4v) is 4.23. The summed E-state index contributed by atoms with van der Waals surface area (Å²) in [6.45, 7) is 5.58. The molecule has 2 aromatic heterocycles. The molecular formula is C23H32N6O5. The molecule has 0 unspecified atom stereocenters. The first-order valence-electron chi connectivity index (χ1n) is 11.6. The maximum Gasteiger partial charge on any atom is 0.413 e. The van der Waals surface area contributed by atoms with Gasteiger partial charge in [-0.3, -0.25) is 14.9 Å². The molecule has 0 radical (unpaired) electrons. The summed E-state index contributed by atoms with van der Waals surface area (Å²) in [4.78, 5) is 41.2. The monoisotopic (exact) mass is 472 g/mol. The molecule has 11 heteroatoms. The highest BCUT2D eigenvalue weighted by atomic mass is 16.6. The van der Waals surface area contributed by atoms with E-state index in [9.17, 15) is 19.5 Å². The van der Waals surface area contributed by atoms with Crippen molar-refractivity contribution < 1.29 is 24.2 Å². The number of carbonyl (C=O) groups excluding carboxylic acids is 2. The van der Waals surface area contributed by atoms with E-state index in [0.717, 1.165) is 25.7 Å². The van der Waals surface area contributed by atoms with Gasteiger partial charge in [0.25, 0.3) is 0 Å². The number of aromatic nitrogens is 4. The van der Waals surface area contributed by atoms with Crippen LogP contribution in [0.2, 0.25) is 0 Å². The van der Waals surface area contributed by atoms with Crippen LogP contribution in [0.1, 0.15) is 58.1 Å². The van der Waals surface area contributed by atoms with Crippen LogP contribution < -0.4 is 10.6 Å². The molecule has 3 N–H and O–H groups in total. The molecule has 1 fully saturated rings.